The predicted molar refractivity (Wildman–Crippen MR) is 103 cm³/mol. The molecule has 2 N–H and O–H groups in total. The number of hydrogen-bond donors (Lipinski definition) is 2. The van der Waals surface area contributed by atoms with Crippen molar-refractivity contribution in [1.29, 1.82) is 0 Å². The molecule has 2 rings (SSSR count). The third-order valence-corrected chi connectivity index (χ3v) is 3.49. The summed E-state index contributed by atoms with van der Waals surface area (Å²) < 4.78 is 5.38. The van der Waals surface area contributed by atoms with Gasteiger partial charge in [-0.1, -0.05) is 29.8 Å². The number of hydrogen-bond acceptors (Lipinski definition) is 4. The summed E-state index contributed by atoms with van der Waals surface area (Å²) in [5.41, 5.74) is 4.48. The van der Waals surface area contributed by atoms with Gasteiger partial charge >= 0.3 is 0 Å². The largest absolute Gasteiger partial charge is 0.484 e. The molecule has 2 aromatic carbocycles. The number of ether oxygens (including phenoxy) is 1. The number of nitrogens with one attached hydrogen (secondary N) is 2. The Kier molecular flexibility index (Phi) is 7.17. The topological polar surface area (TPSA) is 79.8 Å². The third kappa shape index (κ3) is 6.94. The molecule has 6 nitrogen and oxygen atoms in total. The van der Waals surface area contributed by atoms with E-state index in [1.807, 2.05) is 25.1 Å². The number of hydrazone groups is 1. The van der Waals surface area contributed by atoms with Crippen molar-refractivity contribution in [2.24, 2.45) is 5.10 Å². The predicted octanol–water partition coefficient (Wildman–Crippen LogP) is 3.55. The van der Waals surface area contributed by atoms with Crippen LogP contribution in [0.5, 0.6) is 5.75 Å². The van der Waals surface area contributed by atoms with Crippen LogP contribution < -0.4 is 15.5 Å². The van der Waals surface area contributed by atoms with Crippen molar-refractivity contribution in [2.75, 3.05) is 11.9 Å². The first kappa shape index (κ1) is 19.5. The Bertz CT molecular complexity index is 821. The van der Waals surface area contributed by atoms with Crippen LogP contribution in [0.25, 0.3) is 0 Å². The number of amides is 2. The van der Waals surface area contributed by atoms with Crippen LogP contribution in [0.1, 0.15) is 18.9 Å². The lowest BCUT2D eigenvalue weighted by Crippen LogP contribution is -2.26. The zero-order valence-corrected chi connectivity index (χ0v) is 15.3. The molecule has 2 amide bonds. The number of nitrogens with zero attached hydrogens (tertiary/aromatic N) is 1. The molecule has 0 aliphatic heterocycles. The van der Waals surface area contributed by atoms with Crippen LogP contribution >= 0.6 is 11.6 Å². The van der Waals surface area contributed by atoms with Gasteiger partial charge in [0.1, 0.15) is 5.75 Å². The van der Waals surface area contributed by atoms with Crippen molar-refractivity contribution in [3.05, 3.63) is 59.1 Å². The van der Waals surface area contributed by atoms with E-state index in [4.69, 9.17) is 16.3 Å². The quantitative estimate of drug-likeness (QED) is 0.575. The van der Waals surface area contributed by atoms with Crippen molar-refractivity contribution < 1.29 is 14.3 Å². The zero-order chi connectivity index (χ0) is 18.9. The molecule has 0 spiro atoms. The Morgan fingerprint density at radius 1 is 1.12 bits per heavy atom. The Morgan fingerprint density at radius 3 is 2.62 bits per heavy atom. The molecule has 7 heteroatoms. The van der Waals surface area contributed by atoms with Gasteiger partial charge in [0.25, 0.3) is 5.91 Å². The minimum atomic E-state index is -0.402. The van der Waals surface area contributed by atoms with Crippen LogP contribution in [0.2, 0.25) is 5.02 Å². The first-order valence-corrected chi connectivity index (χ1v) is 8.37. The summed E-state index contributed by atoms with van der Waals surface area (Å²) in [6, 6.07) is 14.2. The molecule has 0 bridgehead atoms. The average Bonchev–Trinajstić information content (AvgIpc) is 2.58. The van der Waals surface area contributed by atoms with E-state index in [9.17, 15) is 9.59 Å². The van der Waals surface area contributed by atoms with E-state index in [-0.39, 0.29) is 18.9 Å². The monoisotopic (exact) mass is 373 g/mol. The molecular formula is C19H20ClN3O3. The Labute approximate surface area is 157 Å². The second kappa shape index (κ2) is 9.58. The van der Waals surface area contributed by atoms with Crippen LogP contribution in [0.4, 0.5) is 5.69 Å². The van der Waals surface area contributed by atoms with Crippen molar-refractivity contribution >= 4 is 34.8 Å². The fourth-order valence-corrected chi connectivity index (χ4v) is 2.28. The molecule has 0 unspecified atom stereocenters. The number of rotatable bonds is 7. The normalized spacial score (nSPS) is 11.0. The summed E-state index contributed by atoms with van der Waals surface area (Å²) in [5.74, 6) is -0.0402. The number of anilines is 1. The highest BCUT2D eigenvalue weighted by Gasteiger charge is 2.06. The van der Waals surface area contributed by atoms with Crippen LogP contribution in [-0.2, 0) is 9.59 Å². The molecular weight excluding hydrogens is 354 g/mol. The maximum atomic E-state index is 11.9. The van der Waals surface area contributed by atoms with Gasteiger partial charge in [0, 0.05) is 16.4 Å². The van der Waals surface area contributed by atoms with Crippen molar-refractivity contribution in [3.63, 3.8) is 0 Å². The molecule has 0 saturated heterocycles. The highest BCUT2D eigenvalue weighted by atomic mass is 35.5. The second-order valence-electron chi connectivity index (χ2n) is 5.72. The number of benzene rings is 2. The van der Waals surface area contributed by atoms with E-state index >= 15 is 0 Å². The van der Waals surface area contributed by atoms with Crippen LogP contribution in [0, 0.1) is 6.92 Å². The molecule has 0 radical (unpaired) electrons. The summed E-state index contributed by atoms with van der Waals surface area (Å²) in [4.78, 5) is 23.7. The van der Waals surface area contributed by atoms with Gasteiger partial charge in [0.15, 0.2) is 6.61 Å². The van der Waals surface area contributed by atoms with E-state index < -0.39 is 5.91 Å². The summed E-state index contributed by atoms with van der Waals surface area (Å²) >= 11 is 5.87. The summed E-state index contributed by atoms with van der Waals surface area (Å²) in [7, 11) is 0. The molecule has 0 atom stereocenters. The lowest BCUT2D eigenvalue weighted by Gasteiger charge is -2.07. The van der Waals surface area contributed by atoms with Crippen molar-refractivity contribution in [1.82, 2.24) is 5.43 Å². The second-order valence-corrected chi connectivity index (χ2v) is 6.16. The number of halogens is 1. The first-order chi connectivity index (χ1) is 12.4. The number of aryl methyl sites for hydroxylation is 1. The number of carbonyl (C=O) groups is 2. The summed E-state index contributed by atoms with van der Waals surface area (Å²) in [6.45, 7) is 3.43. The molecule has 2 aromatic rings. The van der Waals surface area contributed by atoms with Gasteiger partial charge in [0.05, 0.1) is 6.42 Å². The van der Waals surface area contributed by atoms with Crippen LogP contribution in [-0.4, -0.2) is 24.1 Å². The van der Waals surface area contributed by atoms with E-state index in [1.54, 1.807) is 37.3 Å². The first-order valence-electron chi connectivity index (χ1n) is 7.99. The standard InChI is InChI=1S/C19H20ClN3O3/c1-13-5-3-8-17(9-13)26-12-19(25)23-22-14(2)10-18(24)21-16-7-4-6-15(20)11-16/h3-9,11H,10,12H2,1-2H3,(H,21,24)(H,23,25). The molecule has 0 saturated carbocycles. The molecule has 0 aliphatic carbocycles. The van der Waals surface area contributed by atoms with Gasteiger partial charge in [-0.3, -0.25) is 9.59 Å². The Balaban J connectivity index is 1.76. The zero-order valence-electron chi connectivity index (χ0n) is 14.6. The fraction of sp³-hybridized carbons (Fsp3) is 0.211. The van der Waals surface area contributed by atoms with Gasteiger partial charge < -0.3 is 10.1 Å². The lowest BCUT2D eigenvalue weighted by molar-refractivity contribution is -0.123. The third-order valence-electron chi connectivity index (χ3n) is 3.26. The van der Waals surface area contributed by atoms with E-state index in [1.165, 1.54) is 0 Å². The molecule has 0 aromatic heterocycles. The van der Waals surface area contributed by atoms with Gasteiger partial charge in [-0.05, 0) is 49.7 Å². The van der Waals surface area contributed by atoms with E-state index in [0.717, 1.165) is 5.56 Å². The highest BCUT2D eigenvalue weighted by Crippen LogP contribution is 2.15. The minimum absolute atomic E-state index is 0.0472. The van der Waals surface area contributed by atoms with Gasteiger partial charge in [0.2, 0.25) is 5.91 Å². The summed E-state index contributed by atoms with van der Waals surface area (Å²) in [5, 5.41) is 7.15. The Morgan fingerprint density at radius 2 is 1.88 bits per heavy atom. The maximum Gasteiger partial charge on any atom is 0.277 e. The Hall–Kier alpha value is -2.86. The van der Waals surface area contributed by atoms with Crippen LogP contribution in [0.3, 0.4) is 0 Å². The van der Waals surface area contributed by atoms with Crippen molar-refractivity contribution in [2.45, 2.75) is 20.3 Å². The average molecular weight is 374 g/mol. The SMILES string of the molecule is CC(CC(=O)Nc1cccc(Cl)c1)=NNC(=O)COc1cccc(C)c1. The molecule has 136 valence electrons. The minimum Gasteiger partial charge on any atom is -0.484 e. The van der Waals surface area contributed by atoms with Gasteiger partial charge in [-0.25, -0.2) is 5.43 Å². The highest BCUT2D eigenvalue weighted by molar-refractivity contribution is 6.30. The van der Waals surface area contributed by atoms with Gasteiger partial charge in [-0.15, -0.1) is 0 Å². The fourth-order valence-electron chi connectivity index (χ4n) is 2.09. The number of carbonyl (C=O) groups excluding carboxylic acids is 2. The molecule has 0 heterocycles. The molecule has 26 heavy (non-hydrogen) atoms. The van der Waals surface area contributed by atoms with E-state index in [0.29, 0.717) is 22.2 Å². The smallest absolute Gasteiger partial charge is 0.277 e. The van der Waals surface area contributed by atoms with E-state index in [2.05, 4.69) is 15.8 Å². The van der Waals surface area contributed by atoms with Gasteiger partial charge in [-0.2, -0.15) is 5.10 Å². The maximum absolute atomic E-state index is 11.9. The van der Waals surface area contributed by atoms with Crippen LogP contribution in [0.15, 0.2) is 53.6 Å². The summed E-state index contributed by atoms with van der Waals surface area (Å²) in [6.07, 6.45) is 0.0472. The lowest BCUT2D eigenvalue weighted by atomic mass is 10.2. The molecule has 0 aliphatic rings. The van der Waals surface area contributed by atoms with Crippen molar-refractivity contribution in [3.8, 4) is 5.75 Å². The molecule has 0 fully saturated rings.